The summed E-state index contributed by atoms with van der Waals surface area (Å²) in [7, 11) is 1.60. The van der Waals surface area contributed by atoms with E-state index in [4.69, 9.17) is 23.2 Å². The molecule has 0 atom stereocenters. The Labute approximate surface area is 161 Å². The minimum atomic E-state index is -3.80. The molecule has 0 aromatic heterocycles. The van der Waals surface area contributed by atoms with Crippen molar-refractivity contribution in [3.05, 3.63) is 56.5 Å². The molecule has 2 rings (SSSR count). The highest BCUT2D eigenvalue weighted by Gasteiger charge is 2.27. The molecule has 2 aromatic carbocycles. The summed E-state index contributed by atoms with van der Waals surface area (Å²) in [4.78, 5) is 1.90. The lowest BCUT2D eigenvalue weighted by Gasteiger charge is -2.20. The van der Waals surface area contributed by atoms with Gasteiger partial charge in [-0.15, -0.1) is 0 Å². The van der Waals surface area contributed by atoms with E-state index < -0.39 is 10.0 Å². The van der Waals surface area contributed by atoms with Crippen LogP contribution in [-0.4, -0.2) is 33.9 Å². The second kappa shape index (κ2) is 7.62. The molecule has 4 nitrogen and oxygen atoms in total. The van der Waals surface area contributed by atoms with Gasteiger partial charge in [-0.25, -0.2) is 8.42 Å². The molecule has 0 unspecified atom stereocenters. The highest BCUT2D eigenvalue weighted by molar-refractivity contribution is 9.10. The summed E-state index contributed by atoms with van der Waals surface area (Å²) in [6.07, 6.45) is 0. The van der Waals surface area contributed by atoms with Crippen molar-refractivity contribution in [2.45, 2.75) is 11.4 Å². The molecule has 0 amide bonds. The van der Waals surface area contributed by atoms with E-state index in [0.717, 1.165) is 11.3 Å². The van der Waals surface area contributed by atoms with Gasteiger partial charge in [0, 0.05) is 37.8 Å². The van der Waals surface area contributed by atoms with E-state index >= 15 is 0 Å². The van der Waals surface area contributed by atoms with Crippen LogP contribution in [0, 0.1) is 0 Å². The molecule has 130 valence electrons. The second-order valence-corrected chi connectivity index (χ2v) is 9.23. The van der Waals surface area contributed by atoms with Crippen LogP contribution in [0.4, 0.5) is 5.69 Å². The van der Waals surface area contributed by atoms with Gasteiger partial charge in [-0.05, 0) is 29.8 Å². The minimum absolute atomic E-state index is 0.0820. The van der Waals surface area contributed by atoms with E-state index in [-0.39, 0.29) is 21.5 Å². The molecule has 0 aliphatic heterocycles. The first-order chi connectivity index (χ1) is 11.1. The number of benzene rings is 2. The Morgan fingerprint density at radius 2 is 1.50 bits per heavy atom. The van der Waals surface area contributed by atoms with Crippen molar-refractivity contribution in [2.75, 3.05) is 26.0 Å². The number of hydrogen-bond donors (Lipinski definition) is 0. The zero-order valence-electron chi connectivity index (χ0n) is 13.4. The van der Waals surface area contributed by atoms with Gasteiger partial charge in [-0.1, -0.05) is 51.3 Å². The maximum absolute atomic E-state index is 12.8. The standard InChI is InChI=1S/C16H17BrCl2N2O2S/c1-20(2)13-6-4-11(5-7-13)10-21(3)24(22,23)16-14(18)8-12(17)9-15(16)19/h4-9H,10H2,1-3H3. The molecule has 0 radical (unpaired) electrons. The number of halogens is 3. The SMILES string of the molecule is CN(C)c1ccc(CN(C)S(=O)(=O)c2c(Cl)cc(Br)cc2Cl)cc1. The van der Waals surface area contributed by atoms with Crippen LogP contribution in [0.2, 0.25) is 10.0 Å². The lowest BCUT2D eigenvalue weighted by atomic mass is 10.2. The number of rotatable bonds is 5. The molecule has 0 spiro atoms. The van der Waals surface area contributed by atoms with E-state index in [1.165, 1.54) is 23.5 Å². The molecule has 0 saturated heterocycles. The smallest absolute Gasteiger partial charge is 0.246 e. The Bertz CT molecular complexity index is 817. The largest absolute Gasteiger partial charge is 0.378 e. The van der Waals surface area contributed by atoms with Gasteiger partial charge >= 0.3 is 0 Å². The molecule has 0 bridgehead atoms. The van der Waals surface area contributed by atoms with Crippen LogP contribution in [-0.2, 0) is 16.6 Å². The van der Waals surface area contributed by atoms with Gasteiger partial charge in [0.2, 0.25) is 10.0 Å². The van der Waals surface area contributed by atoms with Crippen molar-refractivity contribution in [3.63, 3.8) is 0 Å². The van der Waals surface area contributed by atoms with Gasteiger partial charge in [0.25, 0.3) is 0 Å². The Morgan fingerprint density at radius 1 is 1.00 bits per heavy atom. The van der Waals surface area contributed by atoms with Crippen LogP contribution in [0.25, 0.3) is 0 Å². The summed E-state index contributed by atoms with van der Waals surface area (Å²) in [5.74, 6) is 0. The van der Waals surface area contributed by atoms with Crippen molar-refractivity contribution in [3.8, 4) is 0 Å². The molecule has 8 heteroatoms. The number of anilines is 1. The molecule has 0 heterocycles. The topological polar surface area (TPSA) is 40.6 Å². The predicted octanol–water partition coefficient (Wildman–Crippen LogP) is 4.64. The highest BCUT2D eigenvalue weighted by atomic mass is 79.9. The quantitative estimate of drug-likeness (QED) is 0.664. The van der Waals surface area contributed by atoms with Gasteiger partial charge in [0.05, 0.1) is 10.0 Å². The molecule has 2 aromatic rings. The van der Waals surface area contributed by atoms with E-state index in [9.17, 15) is 8.42 Å². The average Bonchev–Trinajstić information content (AvgIpc) is 2.46. The Morgan fingerprint density at radius 3 is 1.96 bits per heavy atom. The van der Waals surface area contributed by atoms with Gasteiger partial charge in [0.1, 0.15) is 4.90 Å². The van der Waals surface area contributed by atoms with Crippen molar-refractivity contribution >= 4 is 54.8 Å². The summed E-state index contributed by atoms with van der Waals surface area (Å²) in [5, 5.41) is 0.174. The van der Waals surface area contributed by atoms with Crippen molar-refractivity contribution in [1.29, 1.82) is 0 Å². The number of hydrogen-bond acceptors (Lipinski definition) is 3. The maximum atomic E-state index is 12.8. The third kappa shape index (κ3) is 4.24. The maximum Gasteiger partial charge on any atom is 0.246 e. The summed E-state index contributed by atoms with van der Waals surface area (Å²) in [5.41, 5.74) is 1.92. The van der Waals surface area contributed by atoms with Gasteiger partial charge in [0.15, 0.2) is 0 Å². The van der Waals surface area contributed by atoms with Crippen LogP contribution >= 0.6 is 39.1 Å². The van der Waals surface area contributed by atoms with Gasteiger partial charge < -0.3 is 4.90 Å². The van der Waals surface area contributed by atoms with Gasteiger partial charge in [-0.2, -0.15) is 4.31 Å². The first-order valence-corrected chi connectivity index (χ1v) is 9.99. The molecule has 0 aliphatic rings. The van der Waals surface area contributed by atoms with Crippen LogP contribution in [0.3, 0.4) is 0 Å². The summed E-state index contributed by atoms with van der Waals surface area (Å²) >= 11 is 15.4. The highest BCUT2D eigenvalue weighted by Crippen LogP contribution is 2.34. The van der Waals surface area contributed by atoms with Crippen molar-refractivity contribution < 1.29 is 8.42 Å². The number of sulfonamides is 1. The average molecular weight is 452 g/mol. The Kier molecular flexibility index (Phi) is 6.20. The molecular formula is C16H17BrCl2N2O2S. The summed E-state index contributed by atoms with van der Waals surface area (Å²) in [6, 6.07) is 10.7. The third-order valence-corrected chi connectivity index (χ3v) is 6.67. The molecular weight excluding hydrogens is 435 g/mol. The Hall–Kier alpha value is -0.790. The second-order valence-electron chi connectivity index (χ2n) is 5.52. The van der Waals surface area contributed by atoms with E-state index in [0.29, 0.717) is 4.47 Å². The zero-order chi connectivity index (χ0) is 18.1. The van der Waals surface area contributed by atoms with Crippen molar-refractivity contribution in [2.24, 2.45) is 0 Å². The molecule has 0 aliphatic carbocycles. The van der Waals surface area contributed by atoms with Crippen LogP contribution < -0.4 is 4.90 Å². The lowest BCUT2D eigenvalue weighted by molar-refractivity contribution is 0.467. The van der Waals surface area contributed by atoms with Crippen molar-refractivity contribution in [1.82, 2.24) is 4.31 Å². The summed E-state index contributed by atoms with van der Waals surface area (Å²) in [6.45, 7) is 0.221. The predicted molar refractivity (Wildman–Crippen MR) is 104 cm³/mol. The van der Waals surface area contributed by atoms with Crippen LogP contribution in [0.5, 0.6) is 0 Å². The number of nitrogens with zero attached hydrogens (tertiary/aromatic N) is 2. The zero-order valence-corrected chi connectivity index (χ0v) is 17.3. The first-order valence-electron chi connectivity index (χ1n) is 7.00. The molecule has 0 fully saturated rings. The lowest BCUT2D eigenvalue weighted by Crippen LogP contribution is -2.27. The minimum Gasteiger partial charge on any atom is -0.378 e. The fraction of sp³-hybridized carbons (Fsp3) is 0.250. The fourth-order valence-corrected chi connectivity index (χ4v) is 5.21. The molecule has 24 heavy (non-hydrogen) atoms. The summed E-state index contributed by atoms with van der Waals surface area (Å²) < 4.78 is 27.5. The first kappa shape index (κ1) is 19.5. The van der Waals surface area contributed by atoms with E-state index in [1.54, 1.807) is 0 Å². The van der Waals surface area contributed by atoms with E-state index in [1.807, 2.05) is 43.3 Å². The van der Waals surface area contributed by atoms with E-state index in [2.05, 4.69) is 15.9 Å². The normalized spacial score (nSPS) is 11.8. The van der Waals surface area contributed by atoms with Crippen LogP contribution in [0.1, 0.15) is 5.56 Å². The monoisotopic (exact) mass is 450 g/mol. The molecule has 0 saturated carbocycles. The van der Waals surface area contributed by atoms with Crippen LogP contribution in [0.15, 0.2) is 45.8 Å². The fourth-order valence-electron chi connectivity index (χ4n) is 2.17. The third-order valence-electron chi connectivity index (χ3n) is 3.49. The Balaban J connectivity index is 2.30. The van der Waals surface area contributed by atoms with Gasteiger partial charge in [-0.3, -0.25) is 0 Å². The molecule has 0 N–H and O–H groups in total.